The second kappa shape index (κ2) is 13.2. The Morgan fingerprint density at radius 1 is 0.860 bits per heavy atom. The number of hydrogen-bond donors (Lipinski definition) is 0. The van der Waals surface area contributed by atoms with Gasteiger partial charge in [0.2, 0.25) is 5.72 Å². The Bertz CT molecular complexity index is 2120. The summed E-state index contributed by atoms with van der Waals surface area (Å²) in [5, 5.41) is 0. The fraction of sp³-hybridized carbons (Fsp3) is 0.162. The molecule has 50 heavy (non-hydrogen) atoms. The molecule has 2 atom stereocenters. The van der Waals surface area contributed by atoms with Gasteiger partial charge in [-0.15, -0.1) is 0 Å². The van der Waals surface area contributed by atoms with E-state index in [4.69, 9.17) is 30.4 Å². The summed E-state index contributed by atoms with van der Waals surface area (Å²) < 4.78 is 46.6. The highest BCUT2D eigenvalue weighted by Crippen LogP contribution is 2.56. The average Bonchev–Trinajstić information content (AvgIpc) is 3.15. The standard InChI is InChI=1S/C37H31ClN6O5S/c1-2-25-17-18-32-34(33(25)35-39-20-9-21-40-35)44(28-13-5-8-16-31(28)48-32)37(49-50(45)46,36-41-22-10-23-43(36)38)19-24-42-26-11-3-6-14-29(26)47-30-15-7-4-12-27(30)42/h3-18,20-22H,2,19,23-24H2,1H3,(H,45,46)/p-1. The molecule has 0 N–H and O–H groups in total. The van der Waals surface area contributed by atoms with E-state index in [0.29, 0.717) is 52.2 Å². The third-order valence-electron chi connectivity index (χ3n) is 8.87. The van der Waals surface area contributed by atoms with E-state index in [1.165, 1.54) is 4.42 Å². The lowest BCUT2D eigenvalue weighted by Gasteiger charge is -2.49. The molecule has 2 unspecified atom stereocenters. The van der Waals surface area contributed by atoms with Crippen molar-refractivity contribution >= 4 is 51.7 Å². The van der Waals surface area contributed by atoms with E-state index in [2.05, 4.69) is 14.9 Å². The summed E-state index contributed by atoms with van der Waals surface area (Å²) >= 11 is 3.92. The molecule has 4 heterocycles. The molecule has 0 bridgehead atoms. The van der Waals surface area contributed by atoms with Crippen molar-refractivity contribution < 1.29 is 22.4 Å². The predicted molar refractivity (Wildman–Crippen MR) is 192 cm³/mol. The van der Waals surface area contributed by atoms with Crippen molar-refractivity contribution in [2.75, 3.05) is 22.9 Å². The summed E-state index contributed by atoms with van der Waals surface area (Å²) in [5.41, 5.74) is 2.40. The van der Waals surface area contributed by atoms with Crippen molar-refractivity contribution in [3.63, 3.8) is 0 Å². The van der Waals surface area contributed by atoms with Crippen molar-refractivity contribution in [3.8, 4) is 34.4 Å². The molecule has 3 aliphatic heterocycles. The SMILES string of the molecule is CCc1ccc2c(c1-c1ncccn1)N(C(CCN1c3ccccc3Oc3ccccc31)(OS(=O)[O-])C1=NC=CCN1Cl)c1ccccc1O2. The van der Waals surface area contributed by atoms with Gasteiger partial charge in [0.1, 0.15) is 0 Å². The molecule has 4 aromatic carbocycles. The average molecular weight is 706 g/mol. The normalized spacial score (nSPS) is 16.1. The quantitative estimate of drug-likeness (QED) is 0.110. The minimum Gasteiger partial charge on any atom is -0.750 e. The smallest absolute Gasteiger partial charge is 0.221 e. The largest absolute Gasteiger partial charge is 0.750 e. The monoisotopic (exact) mass is 705 g/mol. The zero-order valence-corrected chi connectivity index (χ0v) is 28.4. The van der Waals surface area contributed by atoms with Crippen LogP contribution in [0.15, 0.2) is 121 Å². The number of fused-ring (bicyclic) bond motifs is 4. The van der Waals surface area contributed by atoms with Gasteiger partial charge in [-0.1, -0.05) is 49.4 Å². The zero-order chi connectivity index (χ0) is 34.2. The second-order valence-corrected chi connectivity index (χ2v) is 12.7. The molecule has 252 valence electrons. The molecule has 1 aromatic heterocycles. The van der Waals surface area contributed by atoms with Crippen LogP contribution in [0.1, 0.15) is 18.9 Å². The summed E-state index contributed by atoms with van der Waals surface area (Å²) in [6, 6.07) is 28.4. The number of benzene rings is 4. The first kappa shape index (κ1) is 32.0. The van der Waals surface area contributed by atoms with Crippen LogP contribution in [-0.2, 0) is 22.0 Å². The molecule has 8 rings (SSSR count). The van der Waals surface area contributed by atoms with Crippen LogP contribution in [-0.4, -0.2) is 47.8 Å². The zero-order valence-electron chi connectivity index (χ0n) is 26.8. The number of anilines is 4. The van der Waals surface area contributed by atoms with E-state index in [1.807, 2.05) is 96.8 Å². The minimum absolute atomic E-state index is 0.0404. The summed E-state index contributed by atoms with van der Waals surface area (Å²) in [5.74, 6) is 2.90. The number of aliphatic imine (C=N–C) groups is 1. The lowest BCUT2D eigenvalue weighted by atomic mass is 9.94. The van der Waals surface area contributed by atoms with Crippen molar-refractivity contribution in [1.82, 2.24) is 14.4 Å². The number of nitrogens with zero attached hydrogens (tertiary/aromatic N) is 6. The fourth-order valence-electron chi connectivity index (χ4n) is 6.77. The Balaban J connectivity index is 1.40. The number of aromatic nitrogens is 2. The fourth-order valence-corrected chi connectivity index (χ4v) is 7.49. The van der Waals surface area contributed by atoms with Crippen LogP contribution < -0.4 is 19.3 Å². The van der Waals surface area contributed by atoms with Crippen LogP contribution >= 0.6 is 11.8 Å². The van der Waals surface area contributed by atoms with Crippen LogP contribution in [0.3, 0.4) is 0 Å². The Labute approximate surface area is 296 Å². The van der Waals surface area contributed by atoms with Gasteiger partial charge >= 0.3 is 0 Å². The Morgan fingerprint density at radius 3 is 2.12 bits per heavy atom. The number of halogens is 1. The van der Waals surface area contributed by atoms with Crippen molar-refractivity contribution in [1.29, 1.82) is 0 Å². The topological polar surface area (TPSA) is 116 Å². The van der Waals surface area contributed by atoms with Gasteiger partial charge in [0.05, 0.1) is 46.2 Å². The molecular weight excluding hydrogens is 676 g/mol. The van der Waals surface area contributed by atoms with Gasteiger partial charge in [0, 0.05) is 43.3 Å². The van der Waals surface area contributed by atoms with E-state index in [1.54, 1.807) is 30.7 Å². The molecule has 13 heteroatoms. The number of amidine groups is 1. The third-order valence-corrected chi connectivity index (χ3v) is 9.58. The first-order valence-corrected chi connectivity index (χ1v) is 17.4. The molecular formula is C37H30ClN6O5S-. The molecule has 11 nitrogen and oxygen atoms in total. The Kier molecular flexibility index (Phi) is 8.45. The van der Waals surface area contributed by atoms with Crippen molar-refractivity contribution in [3.05, 3.63) is 121 Å². The van der Waals surface area contributed by atoms with Crippen molar-refractivity contribution in [2.24, 2.45) is 4.99 Å². The maximum Gasteiger partial charge on any atom is 0.221 e. The molecule has 5 aromatic rings. The highest BCUT2D eigenvalue weighted by molar-refractivity contribution is 7.74. The van der Waals surface area contributed by atoms with Gasteiger partial charge in [-0.2, -0.15) is 0 Å². The number of aryl methyl sites for hydroxylation is 1. The first-order chi connectivity index (χ1) is 24.5. The summed E-state index contributed by atoms with van der Waals surface area (Å²) in [4.78, 5) is 17.9. The molecule has 0 radical (unpaired) electrons. The second-order valence-electron chi connectivity index (χ2n) is 11.7. The van der Waals surface area contributed by atoms with E-state index < -0.39 is 17.1 Å². The van der Waals surface area contributed by atoms with Crippen LogP contribution in [0.5, 0.6) is 23.0 Å². The Morgan fingerprint density at radius 2 is 1.48 bits per heavy atom. The summed E-state index contributed by atoms with van der Waals surface area (Å²) in [6.45, 7) is 2.54. The minimum atomic E-state index is -3.06. The lowest BCUT2D eigenvalue weighted by Crippen LogP contribution is -2.61. The molecule has 0 saturated heterocycles. The maximum absolute atomic E-state index is 13.1. The number of ether oxygens (including phenoxy) is 2. The highest BCUT2D eigenvalue weighted by Gasteiger charge is 2.52. The summed E-state index contributed by atoms with van der Waals surface area (Å²) in [6.07, 6.45) is 7.40. The molecule has 0 aliphatic carbocycles. The van der Waals surface area contributed by atoms with E-state index in [-0.39, 0.29) is 25.3 Å². The first-order valence-electron chi connectivity index (χ1n) is 16.1. The van der Waals surface area contributed by atoms with Crippen LogP contribution in [0.4, 0.5) is 22.7 Å². The van der Waals surface area contributed by atoms with Gasteiger partial charge < -0.3 is 18.9 Å². The molecule has 0 amide bonds. The molecule has 0 fully saturated rings. The van der Waals surface area contributed by atoms with Gasteiger partial charge in [0.15, 0.2) is 34.7 Å². The summed E-state index contributed by atoms with van der Waals surface area (Å²) in [7, 11) is 0. The van der Waals surface area contributed by atoms with Gasteiger partial charge in [-0.3, -0.25) is 13.5 Å². The van der Waals surface area contributed by atoms with E-state index in [9.17, 15) is 8.76 Å². The maximum atomic E-state index is 13.1. The third kappa shape index (κ3) is 5.46. The van der Waals surface area contributed by atoms with Crippen molar-refractivity contribution in [2.45, 2.75) is 25.5 Å². The molecule has 3 aliphatic rings. The van der Waals surface area contributed by atoms with E-state index in [0.717, 1.165) is 16.9 Å². The van der Waals surface area contributed by atoms with Crippen LogP contribution in [0.2, 0.25) is 0 Å². The van der Waals surface area contributed by atoms with E-state index >= 15 is 0 Å². The molecule has 0 saturated carbocycles. The molecule has 0 spiro atoms. The number of para-hydroxylation sites is 6. The van der Waals surface area contributed by atoms with Crippen LogP contribution in [0, 0.1) is 0 Å². The number of hydrogen-bond acceptors (Lipinski definition) is 11. The highest BCUT2D eigenvalue weighted by atomic mass is 35.5. The van der Waals surface area contributed by atoms with Gasteiger partial charge in [-0.05, 0) is 66.6 Å². The van der Waals surface area contributed by atoms with Gasteiger partial charge in [-0.25, -0.2) is 19.2 Å². The van der Waals surface area contributed by atoms with Crippen LogP contribution in [0.25, 0.3) is 11.4 Å². The Hall–Kier alpha value is -5.27. The predicted octanol–water partition coefficient (Wildman–Crippen LogP) is 8.17. The lowest BCUT2D eigenvalue weighted by molar-refractivity contribution is 0.130. The van der Waals surface area contributed by atoms with Gasteiger partial charge in [0.25, 0.3) is 0 Å². The number of rotatable bonds is 9.